The number of epoxide rings is 1. The van der Waals surface area contributed by atoms with E-state index >= 15 is 0 Å². The highest BCUT2D eigenvalue weighted by molar-refractivity contribution is 4.99. The molecule has 0 radical (unpaired) electrons. The molecule has 0 N–H and O–H groups in total. The molecule has 1 fully saturated rings. The van der Waals surface area contributed by atoms with Gasteiger partial charge in [-0.05, 0) is 51.9 Å². The van der Waals surface area contributed by atoms with Crippen molar-refractivity contribution >= 4 is 0 Å². The molecule has 2 unspecified atom stereocenters. The van der Waals surface area contributed by atoms with Crippen LogP contribution in [-0.2, 0) is 23.7 Å². The zero-order chi connectivity index (χ0) is 21.8. The maximum absolute atomic E-state index is 5.79. The van der Waals surface area contributed by atoms with Crippen LogP contribution in [0.3, 0.4) is 0 Å². The van der Waals surface area contributed by atoms with Gasteiger partial charge < -0.3 is 23.7 Å². The third-order valence-corrected chi connectivity index (χ3v) is 6.08. The van der Waals surface area contributed by atoms with Gasteiger partial charge in [-0.25, -0.2) is 0 Å². The van der Waals surface area contributed by atoms with Crippen LogP contribution in [0.5, 0.6) is 0 Å². The molecule has 0 aromatic heterocycles. The third-order valence-electron chi connectivity index (χ3n) is 6.08. The summed E-state index contributed by atoms with van der Waals surface area (Å²) in [4.78, 5) is 0. The maximum atomic E-state index is 5.79. The molecular weight excluding hydrogens is 380 g/mol. The van der Waals surface area contributed by atoms with E-state index < -0.39 is 0 Å². The molecule has 5 heteroatoms. The molecule has 0 aliphatic carbocycles. The Bertz CT molecular complexity index is 361. The second-order valence-corrected chi connectivity index (χ2v) is 8.69. The SMILES string of the molecule is CCC1(COCCCCCCOCCCCCCOCCCCCCOC)OC1C. The lowest BCUT2D eigenvalue weighted by atomic mass is 10.0. The first-order chi connectivity index (χ1) is 14.7. The van der Waals surface area contributed by atoms with Crippen LogP contribution in [0.15, 0.2) is 0 Å². The number of hydrogen-bond acceptors (Lipinski definition) is 5. The highest BCUT2D eigenvalue weighted by atomic mass is 16.6. The predicted octanol–water partition coefficient (Wildman–Crippen LogP) is 5.93. The summed E-state index contributed by atoms with van der Waals surface area (Å²) in [5, 5.41) is 0. The summed E-state index contributed by atoms with van der Waals surface area (Å²) >= 11 is 0. The fourth-order valence-corrected chi connectivity index (χ4v) is 3.72. The molecular formula is C25H50O5. The molecule has 0 amide bonds. The van der Waals surface area contributed by atoms with Crippen LogP contribution in [0.1, 0.15) is 97.3 Å². The Morgan fingerprint density at radius 1 is 0.600 bits per heavy atom. The van der Waals surface area contributed by atoms with Gasteiger partial charge in [0.25, 0.3) is 0 Å². The monoisotopic (exact) mass is 430 g/mol. The van der Waals surface area contributed by atoms with E-state index in [2.05, 4.69) is 13.8 Å². The van der Waals surface area contributed by atoms with E-state index in [0.29, 0.717) is 6.10 Å². The molecule has 0 saturated carbocycles. The molecule has 180 valence electrons. The predicted molar refractivity (Wildman–Crippen MR) is 123 cm³/mol. The summed E-state index contributed by atoms with van der Waals surface area (Å²) in [7, 11) is 1.77. The first-order valence-electron chi connectivity index (χ1n) is 12.6. The van der Waals surface area contributed by atoms with E-state index in [4.69, 9.17) is 23.7 Å². The van der Waals surface area contributed by atoms with Crippen LogP contribution in [0.25, 0.3) is 0 Å². The van der Waals surface area contributed by atoms with E-state index in [0.717, 1.165) is 59.1 Å². The Morgan fingerprint density at radius 3 is 1.30 bits per heavy atom. The highest BCUT2D eigenvalue weighted by Crippen LogP contribution is 2.39. The smallest absolute Gasteiger partial charge is 0.117 e. The summed E-state index contributed by atoms with van der Waals surface area (Å²) in [6.45, 7) is 10.4. The Hall–Kier alpha value is -0.200. The van der Waals surface area contributed by atoms with Gasteiger partial charge in [-0.3, -0.25) is 0 Å². The van der Waals surface area contributed by atoms with Crippen molar-refractivity contribution in [1.82, 2.24) is 0 Å². The molecule has 1 heterocycles. The van der Waals surface area contributed by atoms with E-state index in [9.17, 15) is 0 Å². The summed E-state index contributed by atoms with van der Waals surface area (Å²) in [5.74, 6) is 0. The highest BCUT2D eigenvalue weighted by Gasteiger charge is 2.51. The first-order valence-corrected chi connectivity index (χ1v) is 12.6. The van der Waals surface area contributed by atoms with E-state index in [1.165, 1.54) is 70.6 Å². The summed E-state index contributed by atoms with van der Waals surface area (Å²) in [5.41, 5.74) is 0.0327. The van der Waals surface area contributed by atoms with E-state index in [1.807, 2.05) is 0 Å². The van der Waals surface area contributed by atoms with Crippen LogP contribution in [-0.4, -0.2) is 65.1 Å². The van der Waals surface area contributed by atoms with Gasteiger partial charge in [0.15, 0.2) is 0 Å². The van der Waals surface area contributed by atoms with Crippen LogP contribution < -0.4 is 0 Å². The molecule has 0 aromatic rings. The van der Waals surface area contributed by atoms with E-state index in [1.54, 1.807) is 7.11 Å². The van der Waals surface area contributed by atoms with Gasteiger partial charge in [-0.1, -0.05) is 45.4 Å². The van der Waals surface area contributed by atoms with Crippen molar-refractivity contribution in [2.24, 2.45) is 0 Å². The van der Waals surface area contributed by atoms with Crippen LogP contribution >= 0.6 is 0 Å². The fourth-order valence-electron chi connectivity index (χ4n) is 3.72. The van der Waals surface area contributed by atoms with Crippen molar-refractivity contribution in [2.45, 2.75) is 109 Å². The number of unbranched alkanes of at least 4 members (excludes halogenated alkanes) is 9. The van der Waals surface area contributed by atoms with Gasteiger partial charge in [0.2, 0.25) is 0 Å². The van der Waals surface area contributed by atoms with Crippen LogP contribution in [0, 0.1) is 0 Å². The topological polar surface area (TPSA) is 49.5 Å². The van der Waals surface area contributed by atoms with Crippen molar-refractivity contribution in [3.63, 3.8) is 0 Å². The Labute approximate surface area is 186 Å². The summed E-state index contributed by atoms with van der Waals surface area (Å²) < 4.78 is 27.9. The minimum atomic E-state index is 0.0327. The van der Waals surface area contributed by atoms with Gasteiger partial charge in [0, 0.05) is 46.8 Å². The Morgan fingerprint density at radius 2 is 0.967 bits per heavy atom. The van der Waals surface area contributed by atoms with Crippen molar-refractivity contribution in [1.29, 1.82) is 0 Å². The first kappa shape index (κ1) is 27.8. The Kier molecular flexibility index (Phi) is 18.1. The van der Waals surface area contributed by atoms with Crippen molar-refractivity contribution < 1.29 is 23.7 Å². The molecule has 5 nitrogen and oxygen atoms in total. The molecule has 0 spiro atoms. The number of ether oxygens (including phenoxy) is 5. The second-order valence-electron chi connectivity index (χ2n) is 8.69. The molecule has 1 rings (SSSR count). The number of hydrogen-bond donors (Lipinski definition) is 0. The van der Waals surface area contributed by atoms with Crippen LogP contribution in [0.2, 0.25) is 0 Å². The normalized spacial score (nSPS) is 20.7. The zero-order valence-electron chi connectivity index (χ0n) is 20.3. The van der Waals surface area contributed by atoms with Gasteiger partial charge in [0.05, 0.1) is 12.7 Å². The second kappa shape index (κ2) is 19.5. The minimum absolute atomic E-state index is 0.0327. The van der Waals surface area contributed by atoms with Gasteiger partial charge in [-0.15, -0.1) is 0 Å². The average molecular weight is 431 g/mol. The van der Waals surface area contributed by atoms with E-state index in [-0.39, 0.29) is 5.60 Å². The molecule has 2 atom stereocenters. The lowest BCUT2D eigenvalue weighted by Crippen LogP contribution is -2.21. The zero-order valence-corrected chi connectivity index (χ0v) is 20.3. The molecule has 0 aromatic carbocycles. The lowest BCUT2D eigenvalue weighted by molar-refractivity contribution is 0.0735. The Balaban J connectivity index is 1.65. The number of rotatable bonds is 24. The number of methoxy groups -OCH3 is 1. The minimum Gasteiger partial charge on any atom is -0.385 e. The molecule has 1 saturated heterocycles. The van der Waals surface area contributed by atoms with Gasteiger partial charge >= 0.3 is 0 Å². The van der Waals surface area contributed by atoms with Gasteiger partial charge in [-0.2, -0.15) is 0 Å². The molecule has 30 heavy (non-hydrogen) atoms. The lowest BCUT2D eigenvalue weighted by Gasteiger charge is -2.10. The standard InChI is InChI=1S/C25H50O5/c1-4-25(24(2)30-25)23-29-22-16-10-9-15-21-28-20-14-8-7-13-19-27-18-12-6-5-11-17-26-3/h24H,4-23H2,1-3H3. The van der Waals surface area contributed by atoms with Crippen LogP contribution in [0.4, 0.5) is 0 Å². The fraction of sp³-hybridized carbons (Fsp3) is 1.00. The maximum Gasteiger partial charge on any atom is 0.117 e. The van der Waals surface area contributed by atoms with Crippen molar-refractivity contribution in [3.8, 4) is 0 Å². The van der Waals surface area contributed by atoms with Crippen molar-refractivity contribution in [2.75, 3.05) is 53.4 Å². The summed E-state index contributed by atoms with van der Waals surface area (Å²) in [6.07, 6.45) is 15.9. The molecule has 1 aliphatic heterocycles. The average Bonchev–Trinajstić information content (AvgIpc) is 3.41. The largest absolute Gasteiger partial charge is 0.385 e. The third kappa shape index (κ3) is 14.7. The molecule has 0 bridgehead atoms. The van der Waals surface area contributed by atoms with Crippen molar-refractivity contribution in [3.05, 3.63) is 0 Å². The summed E-state index contributed by atoms with van der Waals surface area (Å²) in [6, 6.07) is 0. The van der Waals surface area contributed by atoms with Gasteiger partial charge in [0.1, 0.15) is 5.60 Å². The molecule has 1 aliphatic rings. The quantitative estimate of drug-likeness (QED) is 0.140.